The van der Waals surface area contributed by atoms with Crippen LogP contribution in [0.2, 0.25) is 0 Å². The summed E-state index contributed by atoms with van der Waals surface area (Å²) in [6.07, 6.45) is 6.80. The minimum absolute atomic E-state index is 0.0622. The third-order valence-electron chi connectivity index (χ3n) is 12.6. The Morgan fingerprint density at radius 2 is 0.870 bits per heavy atom. The molecule has 1 atom stereocenters. The zero-order chi connectivity index (χ0) is 55.8. The first-order valence-corrected chi connectivity index (χ1v) is 27.3. The molecule has 0 aromatic heterocycles. The van der Waals surface area contributed by atoms with E-state index in [9.17, 15) is 29.1 Å². The summed E-state index contributed by atoms with van der Waals surface area (Å²) in [6.45, 7) is 3.01. The van der Waals surface area contributed by atoms with Crippen molar-refractivity contribution in [3.8, 4) is 11.5 Å². The molecular formula is C57H90N8O12. The zero-order valence-electron chi connectivity index (χ0n) is 45.8. The van der Waals surface area contributed by atoms with Gasteiger partial charge in [-0.3, -0.25) is 24.0 Å². The lowest BCUT2D eigenvalue weighted by atomic mass is 9.80. The molecule has 0 heterocycles. The van der Waals surface area contributed by atoms with Crippen molar-refractivity contribution in [1.82, 2.24) is 26.6 Å². The quantitative estimate of drug-likeness (QED) is 0.0289. The molecule has 0 radical (unpaired) electrons. The van der Waals surface area contributed by atoms with Crippen LogP contribution in [0, 0.1) is 0 Å². The van der Waals surface area contributed by atoms with E-state index < -0.39 is 17.2 Å². The Hall–Kier alpha value is -5.71. The molecule has 0 aliphatic rings. The van der Waals surface area contributed by atoms with Crippen molar-refractivity contribution in [2.45, 2.75) is 114 Å². The van der Waals surface area contributed by atoms with Crippen molar-refractivity contribution in [1.29, 1.82) is 0 Å². The molecule has 0 spiro atoms. The molecular weight excluding hydrogens is 989 g/mol. The van der Waals surface area contributed by atoms with Crippen molar-refractivity contribution in [2.24, 2.45) is 17.2 Å². The largest absolute Gasteiger partial charge is 0.497 e. The topological polar surface area (TPSA) is 299 Å². The van der Waals surface area contributed by atoms with Gasteiger partial charge < -0.3 is 77.3 Å². The molecule has 20 heteroatoms. The van der Waals surface area contributed by atoms with Crippen molar-refractivity contribution in [3.05, 3.63) is 95.6 Å². The Balaban J connectivity index is 1.49. The molecule has 1 unspecified atom stereocenters. The molecule has 0 bridgehead atoms. The minimum Gasteiger partial charge on any atom is -0.497 e. The molecule has 430 valence electrons. The molecule has 12 N–H and O–H groups in total. The Labute approximate surface area is 456 Å². The van der Waals surface area contributed by atoms with Crippen molar-refractivity contribution in [2.75, 3.05) is 106 Å². The summed E-state index contributed by atoms with van der Waals surface area (Å²) in [5, 5.41) is 25.3. The molecule has 0 saturated carbocycles. The van der Waals surface area contributed by atoms with Crippen LogP contribution in [-0.2, 0) is 48.5 Å². The number of methoxy groups -OCH3 is 2. The van der Waals surface area contributed by atoms with Crippen LogP contribution in [0.1, 0.15) is 113 Å². The first-order valence-electron chi connectivity index (χ1n) is 27.3. The maximum atomic E-state index is 13.6. The molecule has 3 aromatic rings. The van der Waals surface area contributed by atoms with Crippen LogP contribution >= 0.6 is 0 Å². The summed E-state index contributed by atoms with van der Waals surface area (Å²) < 4.78 is 35.7. The summed E-state index contributed by atoms with van der Waals surface area (Å²) in [5.41, 5.74) is 17.1. The highest BCUT2D eigenvalue weighted by atomic mass is 16.5. The molecule has 0 saturated heterocycles. The van der Waals surface area contributed by atoms with Gasteiger partial charge >= 0.3 is 0 Å². The van der Waals surface area contributed by atoms with Crippen molar-refractivity contribution >= 4 is 29.5 Å². The fraction of sp³-hybridized carbons (Fsp3) is 0.596. The number of carbonyl (C=O) groups excluding carboxylic acids is 5. The standard InChI is InChI=1S/C57H90N8O12/c1-72-49-23-19-46(20-24-49)57(45-15-8-7-9-16-45,47-21-25-50(73-2)26-22-47)77-40-27-48(66)41-64-51(67)17-10-5-3-4-6-11-18-55(71)65-56(42-74-37-28-52(68)61-34-12-31-58,43-75-38-29-53(69)62-35-13-32-59)44-76-39-30-54(70)63-36-14-33-60/h7-9,15-16,19-26,48,66H,3-6,10-14,17-18,27-44,58-60H2,1-2H3,(H,61,68)(H,62,69)(H,63,70)(H,64,67)(H,65,71). The third-order valence-corrected chi connectivity index (χ3v) is 12.6. The fourth-order valence-electron chi connectivity index (χ4n) is 8.27. The highest BCUT2D eigenvalue weighted by molar-refractivity contribution is 5.78. The number of rotatable bonds is 45. The van der Waals surface area contributed by atoms with Crippen LogP contribution in [0.3, 0.4) is 0 Å². The van der Waals surface area contributed by atoms with E-state index in [1.54, 1.807) is 14.2 Å². The monoisotopic (exact) mass is 1080 g/mol. The number of benzene rings is 3. The number of nitrogens with two attached hydrogens (primary N) is 3. The number of aliphatic hydroxyl groups is 1. The van der Waals surface area contributed by atoms with Gasteiger partial charge in [-0.25, -0.2) is 0 Å². The first kappa shape index (κ1) is 65.6. The van der Waals surface area contributed by atoms with Gasteiger partial charge in [0.15, 0.2) is 0 Å². The van der Waals surface area contributed by atoms with Crippen LogP contribution in [0.5, 0.6) is 11.5 Å². The highest BCUT2D eigenvalue weighted by Gasteiger charge is 2.38. The van der Waals surface area contributed by atoms with Gasteiger partial charge in [-0.15, -0.1) is 0 Å². The van der Waals surface area contributed by atoms with E-state index in [0.717, 1.165) is 42.4 Å². The van der Waals surface area contributed by atoms with Gasteiger partial charge in [0, 0.05) is 58.3 Å². The lowest BCUT2D eigenvalue weighted by molar-refractivity contribution is -0.130. The third kappa shape index (κ3) is 26.5. The Bertz CT molecular complexity index is 1960. The second-order valence-electron chi connectivity index (χ2n) is 18.9. The van der Waals surface area contributed by atoms with Gasteiger partial charge in [0.2, 0.25) is 29.5 Å². The maximum absolute atomic E-state index is 13.6. The lowest BCUT2D eigenvalue weighted by Gasteiger charge is -2.36. The summed E-state index contributed by atoms with van der Waals surface area (Å²) in [5.74, 6) is 0.443. The summed E-state index contributed by atoms with van der Waals surface area (Å²) in [7, 11) is 3.24. The fourth-order valence-corrected chi connectivity index (χ4v) is 8.27. The normalized spacial score (nSPS) is 11.9. The number of nitrogens with one attached hydrogen (secondary N) is 5. The van der Waals surface area contributed by atoms with E-state index in [1.165, 1.54) is 0 Å². The number of hydrogen-bond acceptors (Lipinski definition) is 15. The molecule has 77 heavy (non-hydrogen) atoms. The number of hydrogen-bond donors (Lipinski definition) is 9. The van der Waals surface area contributed by atoms with Gasteiger partial charge in [-0.05, 0) is 99.1 Å². The predicted molar refractivity (Wildman–Crippen MR) is 296 cm³/mol. The summed E-state index contributed by atoms with van der Waals surface area (Å²) in [6, 6.07) is 25.4. The highest BCUT2D eigenvalue weighted by Crippen LogP contribution is 2.42. The predicted octanol–water partition coefficient (Wildman–Crippen LogP) is 3.47. The van der Waals surface area contributed by atoms with Crippen molar-refractivity contribution in [3.63, 3.8) is 0 Å². The SMILES string of the molecule is COc1ccc(C(OCCC(O)CNC(=O)CCCCCCCCC(=O)NC(COCCC(=O)NCCCN)(COCCC(=O)NCCCN)COCCC(=O)NCCCN)(c2ccccc2)c2ccc(OC)cc2)cc1. The van der Waals surface area contributed by atoms with Crippen LogP contribution in [0.25, 0.3) is 0 Å². The Morgan fingerprint density at radius 1 is 0.481 bits per heavy atom. The summed E-state index contributed by atoms with van der Waals surface area (Å²) in [4.78, 5) is 63.5. The first-order chi connectivity index (χ1) is 37.4. The summed E-state index contributed by atoms with van der Waals surface area (Å²) >= 11 is 0. The van der Waals surface area contributed by atoms with Gasteiger partial charge in [-0.2, -0.15) is 0 Å². The van der Waals surface area contributed by atoms with Gasteiger partial charge in [0.1, 0.15) is 22.6 Å². The molecule has 0 aliphatic carbocycles. The smallest absolute Gasteiger partial charge is 0.222 e. The zero-order valence-corrected chi connectivity index (χ0v) is 45.8. The Kier molecular flexibility index (Phi) is 33.7. The van der Waals surface area contributed by atoms with Gasteiger partial charge in [0.05, 0.1) is 66.6 Å². The number of carbonyl (C=O) groups is 5. The molecule has 5 amide bonds. The van der Waals surface area contributed by atoms with Crippen LogP contribution in [0.4, 0.5) is 0 Å². The van der Waals surface area contributed by atoms with Gasteiger partial charge in [-0.1, -0.05) is 80.3 Å². The van der Waals surface area contributed by atoms with E-state index in [-0.39, 0.29) is 114 Å². The van der Waals surface area contributed by atoms with Crippen LogP contribution < -0.4 is 53.3 Å². The van der Waals surface area contributed by atoms with E-state index in [1.807, 2.05) is 78.9 Å². The minimum atomic E-state index is -1.20. The number of amides is 5. The van der Waals surface area contributed by atoms with Crippen molar-refractivity contribution < 1.29 is 57.5 Å². The molecule has 3 aromatic carbocycles. The molecule has 0 aliphatic heterocycles. The van der Waals surface area contributed by atoms with Gasteiger partial charge in [0.25, 0.3) is 0 Å². The molecule has 0 fully saturated rings. The molecule has 20 nitrogen and oxygen atoms in total. The average Bonchev–Trinajstić information content (AvgIpc) is 3.45. The number of ether oxygens (including phenoxy) is 6. The van der Waals surface area contributed by atoms with E-state index >= 15 is 0 Å². The Morgan fingerprint density at radius 3 is 1.29 bits per heavy atom. The molecule has 3 rings (SSSR count). The van der Waals surface area contributed by atoms with E-state index in [2.05, 4.69) is 26.6 Å². The average molecular weight is 1080 g/mol. The van der Waals surface area contributed by atoms with Crippen LogP contribution in [0.15, 0.2) is 78.9 Å². The lowest BCUT2D eigenvalue weighted by Crippen LogP contribution is -2.58. The van der Waals surface area contributed by atoms with E-state index in [0.29, 0.717) is 89.3 Å². The van der Waals surface area contributed by atoms with E-state index in [4.69, 9.17) is 45.6 Å². The second kappa shape index (κ2) is 39.6. The number of aliphatic hydroxyl groups excluding tert-OH is 1. The second-order valence-corrected chi connectivity index (χ2v) is 18.9. The number of unbranched alkanes of at least 4 members (excludes halogenated alkanes) is 5. The maximum Gasteiger partial charge on any atom is 0.222 e. The van der Waals surface area contributed by atoms with Crippen LogP contribution in [-0.4, -0.2) is 153 Å².